The normalized spacial score (nSPS) is 10.9. The van der Waals surface area contributed by atoms with Gasteiger partial charge in [-0.2, -0.15) is 0 Å². The molecule has 0 aliphatic heterocycles. The van der Waals surface area contributed by atoms with Gasteiger partial charge in [0.1, 0.15) is 11.5 Å². The van der Waals surface area contributed by atoms with E-state index in [9.17, 15) is 10.1 Å². The SMILES string of the molecule is O=[N+]([O-])c1ccc2[nH]cc(CCNCc3cccc(Oc4ccccc4)c3)c2c1. The number of H-pyrrole nitrogens is 1. The number of aromatic amines is 1. The van der Waals surface area contributed by atoms with Crippen molar-refractivity contribution in [3.05, 3.63) is 100 Å². The minimum absolute atomic E-state index is 0.113. The second-order valence-electron chi connectivity index (χ2n) is 6.79. The standard InChI is InChI=1S/C23H21N3O3/c27-26(28)19-9-10-23-22(14-19)18(16-25-23)11-12-24-15-17-5-4-8-21(13-17)29-20-6-2-1-3-7-20/h1-10,13-14,16,24-25H,11-12,15H2. The molecule has 0 fully saturated rings. The molecule has 4 aromatic rings. The van der Waals surface area contributed by atoms with Gasteiger partial charge in [-0.15, -0.1) is 0 Å². The van der Waals surface area contributed by atoms with Crippen LogP contribution in [0.15, 0.2) is 79.0 Å². The number of ether oxygens (including phenoxy) is 1. The predicted octanol–water partition coefficient (Wildman–Crippen LogP) is 5.20. The van der Waals surface area contributed by atoms with E-state index in [0.717, 1.165) is 46.5 Å². The lowest BCUT2D eigenvalue weighted by atomic mass is 10.1. The molecule has 3 aromatic carbocycles. The summed E-state index contributed by atoms with van der Waals surface area (Å²) in [6, 6.07) is 22.6. The number of hydrogen-bond donors (Lipinski definition) is 2. The molecule has 6 heteroatoms. The Morgan fingerprint density at radius 1 is 0.966 bits per heavy atom. The van der Waals surface area contributed by atoms with Crippen LogP contribution in [0.25, 0.3) is 10.9 Å². The second-order valence-corrected chi connectivity index (χ2v) is 6.79. The highest BCUT2D eigenvalue weighted by molar-refractivity contribution is 5.85. The number of nitrogens with zero attached hydrogens (tertiary/aromatic N) is 1. The first-order valence-electron chi connectivity index (χ1n) is 9.46. The van der Waals surface area contributed by atoms with Crippen molar-refractivity contribution < 1.29 is 9.66 Å². The third-order valence-corrected chi connectivity index (χ3v) is 4.74. The number of benzene rings is 3. The number of aromatic nitrogens is 1. The molecule has 2 N–H and O–H groups in total. The molecule has 0 spiro atoms. The molecule has 29 heavy (non-hydrogen) atoms. The van der Waals surface area contributed by atoms with Crippen LogP contribution in [0.3, 0.4) is 0 Å². The number of fused-ring (bicyclic) bond motifs is 1. The summed E-state index contributed by atoms with van der Waals surface area (Å²) in [5.74, 6) is 1.62. The van der Waals surface area contributed by atoms with Crippen molar-refractivity contribution in [3.63, 3.8) is 0 Å². The van der Waals surface area contributed by atoms with E-state index in [1.807, 2.05) is 54.7 Å². The van der Waals surface area contributed by atoms with Crippen LogP contribution in [0.4, 0.5) is 5.69 Å². The maximum Gasteiger partial charge on any atom is 0.270 e. The average Bonchev–Trinajstić information content (AvgIpc) is 3.14. The number of nitro groups is 1. The maximum atomic E-state index is 11.0. The van der Waals surface area contributed by atoms with E-state index in [1.165, 1.54) is 6.07 Å². The molecule has 6 nitrogen and oxygen atoms in total. The largest absolute Gasteiger partial charge is 0.457 e. The van der Waals surface area contributed by atoms with Gasteiger partial charge in [-0.05, 0) is 54.4 Å². The lowest BCUT2D eigenvalue weighted by Gasteiger charge is -2.08. The molecule has 0 atom stereocenters. The molecule has 0 bridgehead atoms. The second kappa shape index (κ2) is 8.58. The summed E-state index contributed by atoms with van der Waals surface area (Å²) in [7, 11) is 0. The first-order chi connectivity index (χ1) is 14.2. The molecular weight excluding hydrogens is 366 g/mol. The quantitative estimate of drug-likeness (QED) is 0.247. The monoisotopic (exact) mass is 387 g/mol. The number of rotatable bonds is 8. The van der Waals surface area contributed by atoms with Crippen LogP contribution in [0.1, 0.15) is 11.1 Å². The van der Waals surface area contributed by atoms with Gasteiger partial charge in [0.25, 0.3) is 5.69 Å². The third-order valence-electron chi connectivity index (χ3n) is 4.74. The summed E-state index contributed by atoms with van der Waals surface area (Å²) in [5.41, 5.74) is 3.23. The molecule has 0 aliphatic rings. The first-order valence-corrected chi connectivity index (χ1v) is 9.46. The fraction of sp³-hybridized carbons (Fsp3) is 0.130. The van der Waals surface area contributed by atoms with E-state index in [-0.39, 0.29) is 10.6 Å². The fourth-order valence-corrected chi connectivity index (χ4v) is 3.29. The van der Waals surface area contributed by atoms with Crippen LogP contribution in [0.5, 0.6) is 11.5 Å². The summed E-state index contributed by atoms with van der Waals surface area (Å²) >= 11 is 0. The Labute approximate surface area is 168 Å². The van der Waals surface area contributed by atoms with Crippen LogP contribution >= 0.6 is 0 Å². The molecule has 0 unspecified atom stereocenters. The fourth-order valence-electron chi connectivity index (χ4n) is 3.29. The zero-order valence-corrected chi connectivity index (χ0v) is 15.8. The lowest BCUT2D eigenvalue weighted by Crippen LogP contribution is -2.16. The number of hydrogen-bond acceptors (Lipinski definition) is 4. The molecule has 0 aliphatic carbocycles. The Morgan fingerprint density at radius 3 is 2.62 bits per heavy atom. The average molecular weight is 387 g/mol. The summed E-state index contributed by atoms with van der Waals surface area (Å²) in [6.07, 6.45) is 2.70. The van der Waals surface area contributed by atoms with Crippen molar-refractivity contribution in [3.8, 4) is 11.5 Å². The topological polar surface area (TPSA) is 80.2 Å². The maximum absolute atomic E-state index is 11.0. The van der Waals surface area contributed by atoms with Crippen molar-refractivity contribution in [2.24, 2.45) is 0 Å². The Kier molecular flexibility index (Phi) is 5.54. The van der Waals surface area contributed by atoms with Gasteiger partial charge in [-0.3, -0.25) is 10.1 Å². The van der Waals surface area contributed by atoms with E-state index in [2.05, 4.69) is 16.4 Å². The van der Waals surface area contributed by atoms with Crippen LogP contribution < -0.4 is 10.1 Å². The van der Waals surface area contributed by atoms with Crippen molar-refractivity contribution in [2.45, 2.75) is 13.0 Å². The van der Waals surface area contributed by atoms with Gasteiger partial charge in [0.15, 0.2) is 0 Å². The van der Waals surface area contributed by atoms with Gasteiger partial charge in [0.05, 0.1) is 4.92 Å². The van der Waals surface area contributed by atoms with Crippen LogP contribution in [-0.2, 0) is 13.0 Å². The lowest BCUT2D eigenvalue weighted by molar-refractivity contribution is -0.384. The Balaban J connectivity index is 1.34. The molecule has 0 saturated heterocycles. The third kappa shape index (κ3) is 4.62. The molecule has 146 valence electrons. The molecule has 0 saturated carbocycles. The summed E-state index contributed by atoms with van der Waals surface area (Å²) < 4.78 is 5.88. The van der Waals surface area contributed by atoms with Gasteiger partial charge in [-0.1, -0.05) is 30.3 Å². The number of nitro benzene ring substituents is 1. The van der Waals surface area contributed by atoms with E-state index in [0.29, 0.717) is 6.54 Å². The van der Waals surface area contributed by atoms with E-state index in [1.54, 1.807) is 12.1 Å². The Hall–Kier alpha value is -3.64. The predicted molar refractivity (Wildman–Crippen MR) is 113 cm³/mol. The van der Waals surface area contributed by atoms with Crippen molar-refractivity contribution in [2.75, 3.05) is 6.54 Å². The number of non-ortho nitro benzene ring substituents is 1. The summed E-state index contributed by atoms with van der Waals surface area (Å²) in [6.45, 7) is 1.48. The molecular formula is C23H21N3O3. The smallest absolute Gasteiger partial charge is 0.270 e. The zero-order chi connectivity index (χ0) is 20.1. The van der Waals surface area contributed by atoms with E-state index >= 15 is 0 Å². The van der Waals surface area contributed by atoms with Crippen molar-refractivity contribution in [1.82, 2.24) is 10.3 Å². The van der Waals surface area contributed by atoms with Gasteiger partial charge >= 0.3 is 0 Å². The first kappa shape index (κ1) is 18.7. The number of para-hydroxylation sites is 1. The number of nitrogens with one attached hydrogen (secondary N) is 2. The summed E-state index contributed by atoms with van der Waals surface area (Å²) in [4.78, 5) is 13.8. The molecule has 0 radical (unpaired) electrons. The molecule has 1 heterocycles. The minimum Gasteiger partial charge on any atom is -0.457 e. The highest BCUT2D eigenvalue weighted by Gasteiger charge is 2.10. The van der Waals surface area contributed by atoms with E-state index < -0.39 is 0 Å². The van der Waals surface area contributed by atoms with Gasteiger partial charge < -0.3 is 15.0 Å². The van der Waals surface area contributed by atoms with Crippen LogP contribution in [0.2, 0.25) is 0 Å². The zero-order valence-electron chi connectivity index (χ0n) is 15.8. The molecule has 0 amide bonds. The van der Waals surface area contributed by atoms with Gasteiger partial charge in [0, 0.05) is 35.8 Å². The van der Waals surface area contributed by atoms with Crippen molar-refractivity contribution >= 4 is 16.6 Å². The van der Waals surface area contributed by atoms with Gasteiger partial charge in [0.2, 0.25) is 0 Å². The Morgan fingerprint density at radius 2 is 1.79 bits per heavy atom. The van der Waals surface area contributed by atoms with E-state index in [4.69, 9.17) is 4.74 Å². The minimum atomic E-state index is -0.362. The van der Waals surface area contributed by atoms with Crippen molar-refractivity contribution in [1.29, 1.82) is 0 Å². The molecule has 4 rings (SSSR count). The van der Waals surface area contributed by atoms with Crippen LogP contribution in [0, 0.1) is 10.1 Å². The Bertz CT molecular complexity index is 1120. The van der Waals surface area contributed by atoms with Gasteiger partial charge in [-0.25, -0.2) is 0 Å². The highest BCUT2D eigenvalue weighted by Crippen LogP contribution is 2.24. The molecule has 1 aromatic heterocycles. The highest BCUT2D eigenvalue weighted by atomic mass is 16.6. The summed E-state index contributed by atoms with van der Waals surface area (Å²) in [5, 5.41) is 15.3. The van der Waals surface area contributed by atoms with Crippen LogP contribution in [-0.4, -0.2) is 16.5 Å².